The van der Waals surface area contributed by atoms with Gasteiger partial charge in [0.05, 0.1) is 0 Å². The lowest BCUT2D eigenvalue weighted by atomic mass is 10.3. The van der Waals surface area contributed by atoms with E-state index in [-0.39, 0.29) is 0 Å². The Bertz CT molecular complexity index is 289. The lowest BCUT2D eigenvalue weighted by molar-refractivity contribution is 0.171. The standard InChI is InChI=1S/C11H21N5S/c1-14(2)4-5-15-6-8-16(9-7-15)11(17-3)13-10-12/h4-9H2,1-3H3. The van der Waals surface area contributed by atoms with Gasteiger partial charge in [-0.3, -0.25) is 4.90 Å². The monoisotopic (exact) mass is 255 g/mol. The first-order chi connectivity index (χ1) is 8.17. The van der Waals surface area contributed by atoms with Crippen molar-refractivity contribution >= 4 is 16.9 Å². The molecule has 0 aromatic heterocycles. The van der Waals surface area contributed by atoms with Crippen molar-refractivity contribution in [2.24, 2.45) is 4.99 Å². The van der Waals surface area contributed by atoms with Crippen molar-refractivity contribution in [1.82, 2.24) is 14.7 Å². The zero-order valence-electron chi connectivity index (χ0n) is 10.9. The van der Waals surface area contributed by atoms with Crippen LogP contribution in [0.15, 0.2) is 4.99 Å². The van der Waals surface area contributed by atoms with E-state index in [4.69, 9.17) is 5.26 Å². The molecule has 0 unspecified atom stereocenters. The third-order valence-corrected chi connectivity index (χ3v) is 3.55. The third-order valence-electron chi connectivity index (χ3n) is 2.83. The van der Waals surface area contributed by atoms with Gasteiger partial charge < -0.3 is 9.80 Å². The van der Waals surface area contributed by atoms with Crippen LogP contribution < -0.4 is 0 Å². The molecule has 0 aliphatic carbocycles. The van der Waals surface area contributed by atoms with Gasteiger partial charge >= 0.3 is 0 Å². The Morgan fingerprint density at radius 3 is 2.47 bits per heavy atom. The molecule has 0 amide bonds. The molecular formula is C11H21N5S. The molecule has 6 heteroatoms. The summed E-state index contributed by atoms with van der Waals surface area (Å²) in [5, 5.41) is 9.45. The minimum atomic E-state index is 0.847. The van der Waals surface area contributed by atoms with Gasteiger partial charge in [0, 0.05) is 39.3 Å². The quantitative estimate of drug-likeness (QED) is 0.414. The molecule has 0 aromatic rings. The highest BCUT2D eigenvalue weighted by Gasteiger charge is 2.19. The molecule has 1 aliphatic heterocycles. The van der Waals surface area contributed by atoms with Crippen molar-refractivity contribution in [3.8, 4) is 6.19 Å². The first-order valence-electron chi connectivity index (χ1n) is 5.80. The zero-order chi connectivity index (χ0) is 12.7. The Hall–Kier alpha value is -0.770. The Morgan fingerprint density at radius 1 is 1.35 bits per heavy atom. The summed E-state index contributed by atoms with van der Waals surface area (Å²) in [6.45, 7) is 6.26. The van der Waals surface area contributed by atoms with E-state index < -0.39 is 0 Å². The molecule has 0 saturated carbocycles. The maximum atomic E-state index is 8.60. The second-order valence-corrected chi connectivity index (χ2v) is 5.10. The number of likely N-dealkylation sites (N-methyl/N-ethyl adjacent to an activating group) is 1. The van der Waals surface area contributed by atoms with E-state index in [0.717, 1.165) is 44.4 Å². The molecule has 0 radical (unpaired) electrons. The lowest BCUT2D eigenvalue weighted by Gasteiger charge is -2.36. The third kappa shape index (κ3) is 4.94. The van der Waals surface area contributed by atoms with Crippen LogP contribution in [0.5, 0.6) is 0 Å². The summed E-state index contributed by atoms with van der Waals surface area (Å²) in [6.07, 6.45) is 3.84. The largest absolute Gasteiger partial charge is 0.348 e. The van der Waals surface area contributed by atoms with Crippen LogP contribution in [0.2, 0.25) is 0 Å². The normalized spacial score (nSPS) is 18.5. The predicted molar refractivity (Wildman–Crippen MR) is 73.1 cm³/mol. The number of aliphatic imine (C=N–C) groups is 1. The predicted octanol–water partition coefficient (Wildman–Crippen LogP) is 0.366. The Balaban J connectivity index is 2.35. The number of piperazine rings is 1. The van der Waals surface area contributed by atoms with Gasteiger partial charge in [0.1, 0.15) is 0 Å². The van der Waals surface area contributed by atoms with Crippen LogP contribution in [-0.2, 0) is 0 Å². The fourth-order valence-electron chi connectivity index (χ4n) is 1.79. The second-order valence-electron chi connectivity index (χ2n) is 4.33. The molecule has 0 aromatic carbocycles. The fourth-order valence-corrected chi connectivity index (χ4v) is 2.37. The smallest absolute Gasteiger partial charge is 0.208 e. The molecular weight excluding hydrogens is 234 g/mol. The molecule has 1 heterocycles. The van der Waals surface area contributed by atoms with Gasteiger partial charge in [-0.15, -0.1) is 4.99 Å². The molecule has 1 fully saturated rings. The van der Waals surface area contributed by atoms with Gasteiger partial charge in [-0.25, -0.2) is 0 Å². The average Bonchev–Trinajstić information content (AvgIpc) is 2.34. The minimum absolute atomic E-state index is 0.847. The summed E-state index contributed by atoms with van der Waals surface area (Å²) < 4.78 is 0. The van der Waals surface area contributed by atoms with Crippen LogP contribution in [0, 0.1) is 11.5 Å². The van der Waals surface area contributed by atoms with E-state index in [2.05, 4.69) is 33.8 Å². The maximum Gasteiger partial charge on any atom is 0.208 e. The minimum Gasteiger partial charge on any atom is -0.348 e. The number of rotatable bonds is 3. The van der Waals surface area contributed by atoms with Gasteiger partial charge in [0.2, 0.25) is 6.19 Å². The summed E-state index contributed by atoms with van der Waals surface area (Å²) >= 11 is 1.55. The van der Waals surface area contributed by atoms with E-state index in [1.807, 2.05) is 12.4 Å². The van der Waals surface area contributed by atoms with E-state index in [9.17, 15) is 0 Å². The number of nitriles is 1. The molecule has 5 nitrogen and oxygen atoms in total. The number of nitrogens with zero attached hydrogens (tertiary/aromatic N) is 5. The van der Waals surface area contributed by atoms with E-state index in [1.54, 1.807) is 11.8 Å². The molecule has 17 heavy (non-hydrogen) atoms. The highest BCUT2D eigenvalue weighted by molar-refractivity contribution is 8.13. The number of hydrogen-bond donors (Lipinski definition) is 0. The van der Waals surface area contributed by atoms with Crippen molar-refractivity contribution in [3.63, 3.8) is 0 Å². The van der Waals surface area contributed by atoms with Gasteiger partial charge in [-0.1, -0.05) is 11.8 Å². The summed E-state index contributed by atoms with van der Waals surface area (Å²) in [6, 6.07) is 0. The van der Waals surface area contributed by atoms with E-state index in [1.165, 1.54) is 0 Å². The van der Waals surface area contributed by atoms with E-state index in [0.29, 0.717) is 0 Å². The average molecular weight is 255 g/mol. The van der Waals surface area contributed by atoms with Gasteiger partial charge in [-0.05, 0) is 20.4 Å². The number of amidine groups is 1. The summed E-state index contributed by atoms with van der Waals surface area (Å²) in [4.78, 5) is 10.7. The topological polar surface area (TPSA) is 45.9 Å². The Labute approximate surface area is 108 Å². The van der Waals surface area contributed by atoms with Gasteiger partial charge in [0.25, 0.3) is 0 Å². The number of hydrogen-bond acceptors (Lipinski definition) is 5. The summed E-state index contributed by atoms with van der Waals surface area (Å²) in [7, 11) is 4.20. The Kier molecular flexibility index (Phi) is 6.34. The first kappa shape index (κ1) is 14.3. The first-order valence-corrected chi connectivity index (χ1v) is 7.02. The second kappa shape index (κ2) is 7.54. The molecule has 96 valence electrons. The van der Waals surface area contributed by atoms with Crippen LogP contribution in [0.25, 0.3) is 0 Å². The highest BCUT2D eigenvalue weighted by Crippen LogP contribution is 2.09. The molecule has 0 spiro atoms. The molecule has 1 aliphatic rings. The molecule has 0 atom stereocenters. The Morgan fingerprint density at radius 2 is 2.00 bits per heavy atom. The molecule has 0 bridgehead atoms. The SMILES string of the molecule is CSC(=NC#N)N1CCN(CCN(C)C)CC1. The van der Waals surface area contributed by atoms with Gasteiger partial charge in [-0.2, -0.15) is 5.26 Å². The fraction of sp³-hybridized carbons (Fsp3) is 0.818. The summed E-state index contributed by atoms with van der Waals surface area (Å²) in [5.41, 5.74) is 0. The van der Waals surface area contributed by atoms with Crippen molar-refractivity contribution in [3.05, 3.63) is 0 Å². The van der Waals surface area contributed by atoms with Crippen molar-refractivity contribution in [2.45, 2.75) is 0 Å². The van der Waals surface area contributed by atoms with Crippen LogP contribution in [-0.4, -0.2) is 79.5 Å². The van der Waals surface area contributed by atoms with Crippen LogP contribution in [0.1, 0.15) is 0 Å². The number of thioether (sulfide) groups is 1. The highest BCUT2D eigenvalue weighted by atomic mass is 32.2. The van der Waals surface area contributed by atoms with Crippen LogP contribution in [0.3, 0.4) is 0 Å². The van der Waals surface area contributed by atoms with Crippen molar-refractivity contribution < 1.29 is 0 Å². The van der Waals surface area contributed by atoms with Crippen LogP contribution in [0.4, 0.5) is 0 Å². The zero-order valence-corrected chi connectivity index (χ0v) is 11.7. The lowest BCUT2D eigenvalue weighted by Crippen LogP contribution is -2.49. The van der Waals surface area contributed by atoms with Crippen molar-refractivity contribution in [2.75, 3.05) is 59.6 Å². The molecule has 1 rings (SSSR count). The van der Waals surface area contributed by atoms with Crippen LogP contribution >= 0.6 is 11.8 Å². The molecule has 0 N–H and O–H groups in total. The van der Waals surface area contributed by atoms with E-state index >= 15 is 0 Å². The maximum absolute atomic E-state index is 8.60. The molecule has 1 saturated heterocycles. The summed E-state index contributed by atoms with van der Waals surface area (Å²) in [5.74, 6) is 0. The van der Waals surface area contributed by atoms with Crippen molar-refractivity contribution in [1.29, 1.82) is 5.26 Å². The van der Waals surface area contributed by atoms with Gasteiger partial charge in [0.15, 0.2) is 5.17 Å².